The summed E-state index contributed by atoms with van der Waals surface area (Å²) in [5, 5.41) is 6.14. The third kappa shape index (κ3) is 2.08. The number of pyridine rings is 1. The largest absolute Gasteiger partial charge is 0.354 e. The summed E-state index contributed by atoms with van der Waals surface area (Å²) in [7, 11) is 0. The van der Waals surface area contributed by atoms with E-state index in [2.05, 4.69) is 33.5 Å². The minimum atomic E-state index is 0.643. The SMILES string of the molecule is c1cc2[nH]c3ccc(CC4CCCCN4)cc3c2cn1. The Hall–Kier alpha value is -1.87. The fourth-order valence-electron chi connectivity index (χ4n) is 3.30. The van der Waals surface area contributed by atoms with Crippen LogP contribution in [0.15, 0.2) is 36.7 Å². The molecule has 20 heavy (non-hydrogen) atoms. The van der Waals surface area contributed by atoms with Crippen molar-refractivity contribution in [3.05, 3.63) is 42.2 Å². The van der Waals surface area contributed by atoms with Gasteiger partial charge in [0.15, 0.2) is 0 Å². The second kappa shape index (κ2) is 4.91. The molecule has 102 valence electrons. The van der Waals surface area contributed by atoms with Gasteiger partial charge in [-0.1, -0.05) is 12.5 Å². The molecular weight excluding hydrogens is 246 g/mol. The molecule has 4 rings (SSSR count). The van der Waals surface area contributed by atoms with Gasteiger partial charge in [0.05, 0.1) is 0 Å². The molecule has 0 radical (unpaired) electrons. The quantitative estimate of drug-likeness (QED) is 0.745. The van der Waals surface area contributed by atoms with Gasteiger partial charge in [-0.3, -0.25) is 4.98 Å². The predicted molar refractivity (Wildman–Crippen MR) is 82.9 cm³/mol. The number of hydrogen-bond donors (Lipinski definition) is 2. The number of H-pyrrole nitrogens is 1. The van der Waals surface area contributed by atoms with Gasteiger partial charge in [0.1, 0.15) is 0 Å². The molecule has 3 heteroatoms. The van der Waals surface area contributed by atoms with E-state index < -0.39 is 0 Å². The molecule has 1 unspecified atom stereocenters. The zero-order valence-electron chi connectivity index (χ0n) is 11.5. The highest BCUT2D eigenvalue weighted by molar-refractivity contribution is 6.06. The average molecular weight is 265 g/mol. The average Bonchev–Trinajstić information content (AvgIpc) is 2.86. The molecule has 0 amide bonds. The molecule has 3 aromatic rings. The maximum Gasteiger partial charge on any atom is 0.0495 e. The van der Waals surface area contributed by atoms with Crippen molar-refractivity contribution in [3.63, 3.8) is 0 Å². The van der Waals surface area contributed by atoms with Gasteiger partial charge in [-0.2, -0.15) is 0 Å². The van der Waals surface area contributed by atoms with Crippen LogP contribution in [0.25, 0.3) is 21.8 Å². The Labute approximate surface area is 118 Å². The summed E-state index contributed by atoms with van der Waals surface area (Å²) < 4.78 is 0. The molecule has 1 aromatic carbocycles. The van der Waals surface area contributed by atoms with Gasteiger partial charge in [-0.25, -0.2) is 0 Å². The summed E-state index contributed by atoms with van der Waals surface area (Å²) in [6, 6.07) is 9.46. The predicted octanol–water partition coefficient (Wildman–Crippen LogP) is 3.40. The van der Waals surface area contributed by atoms with E-state index in [0.29, 0.717) is 6.04 Å². The van der Waals surface area contributed by atoms with Crippen LogP contribution in [0.2, 0.25) is 0 Å². The van der Waals surface area contributed by atoms with Crippen molar-refractivity contribution in [1.82, 2.24) is 15.3 Å². The topological polar surface area (TPSA) is 40.7 Å². The lowest BCUT2D eigenvalue weighted by molar-refractivity contribution is 0.399. The number of rotatable bonds is 2. The number of aromatic nitrogens is 2. The number of nitrogens with zero attached hydrogens (tertiary/aromatic N) is 1. The van der Waals surface area contributed by atoms with Crippen molar-refractivity contribution in [1.29, 1.82) is 0 Å². The summed E-state index contributed by atoms with van der Waals surface area (Å²) >= 11 is 0. The van der Waals surface area contributed by atoms with E-state index in [1.165, 1.54) is 53.2 Å². The third-order valence-electron chi connectivity index (χ3n) is 4.36. The standard InChI is InChI=1S/C17H19N3/c1-2-7-19-13(3-1)9-12-4-5-16-14(10-12)15-11-18-8-6-17(15)20-16/h4-6,8,10-11,13,19-20H,1-3,7,9H2. The number of aromatic amines is 1. The lowest BCUT2D eigenvalue weighted by Gasteiger charge is -2.23. The molecule has 0 bridgehead atoms. The highest BCUT2D eigenvalue weighted by Crippen LogP contribution is 2.26. The molecule has 1 fully saturated rings. The smallest absolute Gasteiger partial charge is 0.0495 e. The third-order valence-corrected chi connectivity index (χ3v) is 4.36. The highest BCUT2D eigenvalue weighted by atomic mass is 14.9. The molecule has 1 aliphatic heterocycles. The first-order valence-corrected chi connectivity index (χ1v) is 7.48. The Kier molecular flexibility index (Phi) is 2.92. The molecule has 0 spiro atoms. The summed E-state index contributed by atoms with van der Waals surface area (Å²) in [5.74, 6) is 0. The lowest BCUT2D eigenvalue weighted by atomic mass is 9.97. The van der Waals surface area contributed by atoms with Gasteiger partial charge in [0.2, 0.25) is 0 Å². The van der Waals surface area contributed by atoms with E-state index in [9.17, 15) is 0 Å². The van der Waals surface area contributed by atoms with E-state index in [1.54, 1.807) is 0 Å². The summed E-state index contributed by atoms with van der Waals surface area (Å²) in [6.07, 6.45) is 8.90. The number of piperidine rings is 1. The van der Waals surface area contributed by atoms with Crippen LogP contribution >= 0.6 is 0 Å². The molecular formula is C17H19N3. The van der Waals surface area contributed by atoms with E-state index in [-0.39, 0.29) is 0 Å². The maximum atomic E-state index is 4.25. The minimum absolute atomic E-state index is 0.643. The summed E-state index contributed by atoms with van der Waals surface area (Å²) in [5.41, 5.74) is 3.79. The zero-order chi connectivity index (χ0) is 13.4. The van der Waals surface area contributed by atoms with E-state index in [0.717, 1.165) is 6.42 Å². The van der Waals surface area contributed by atoms with E-state index >= 15 is 0 Å². The fraction of sp³-hybridized carbons (Fsp3) is 0.353. The van der Waals surface area contributed by atoms with Crippen molar-refractivity contribution in [2.75, 3.05) is 6.54 Å². The highest BCUT2D eigenvalue weighted by Gasteiger charge is 2.13. The van der Waals surface area contributed by atoms with Crippen molar-refractivity contribution in [2.24, 2.45) is 0 Å². The maximum absolute atomic E-state index is 4.25. The van der Waals surface area contributed by atoms with Gasteiger partial charge in [-0.05, 0) is 49.6 Å². The monoisotopic (exact) mass is 265 g/mol. The lowest BCUT2D eigenvalue weighted by Crippen LogP contribution is -2.35. The van der Waals surface area contributed by atoms with Crippen LogP contribution in [0.3, 0.4) is 0 Å². The van der Waals surface area contributed by atoms with E-state index in [1.807, 2.05) is 18.5 Å². The number of nitrogens with one attached hydrogen (secondary N) is 2. The van der Waals surface area contributed by atoms with Crippen LogP contribution in [0.1, 0.15) is 24.8 Å². The molecule has 2 aromatic heterocycles. The number of fused-ring (bicyclic) bond motifs is 3. The van der Waals surface area contributed by atoms with Crippen molar-refractivity contribution >= 4 is 21.8 Å². The molecule has 1 aliphatic rings. The summed E-state index contributed by atoms with van der Waals surface area (Å²) in [6.45, 7) is 1.17. The van der Waals surface area contributed by atoms with Crippen LogP contribution < -0.4 is 5.32 Å². The first-order chi connectivity index (χ1) is 9.90. The fourth-order valence-corrected chi connectivity index (χ4v) is 3.30. The molecule has 3 heterocycles. The second-order valence-electron chi connectivity index (χ2n) is 5.78. The number of hydrogen-bond acceptors (Lipinski definition) is 2. The molecule has 1 atom stereocenters. The Balaban J connectivity index is 1.71. The molecule has 2 N–H and O–H groups in total. The molecule has 0 saturated carbocycles. The van der Waals surface area contributed by atoms with Gasteiger partial charge in [-0.15, -0.1) is 0 Å². The number of benzene rings is 1. The van der Waals surface area contributed by atoms with Gasteiger partial charge in [0.25, 0.3) is 0 Å². The van der Waals surface area contributed by atoms with Crippen LogP contribution in [-0.2, 0) is 6.42 Å². The first-order valence-electron chi connectivity index (χ1n) is 7.48. The zero-order valence-corrected chi connectivity index (χ0v) is 11.5. The Morgan fingerprint density at radius 2 is 2.05 bits per heavy atom. The molecule has 3 nitrogen and oxygen atoms in total. The van der Waals surface area contributed by atoms with Crippen molar-refractivity contribution in [3.8, 4) is 0 Å². The van der Waals surface area contributed by atoms with Crippen LogP contribution in [0, 0.1) is 0 Å². The van der Waals surface area contributed by atoms with Crippen molar-refractivity contribution < 1.29 is 0 Å². The van der Waals surface area contributed by atoms with Gasteiger partial charge < -0.3 is 10.3 Å². The van der Waals surface area contributed by atoms with Gasteiger partial charge >= 0.3 is 0 Å². The molecule has 1 saturated heterocycles. The van der Waals surface area contributed by atoms with Gasteiger partial charge in [0, 0.05) is 40.2 Å². The van der Waals surface area contributed by atoms with Crippen LogP contribution in [0.5, 0.6) is 0 Å². The second-order valence-corrected chi connectivity index (χ2v) is 5.78. The summed E-state index contributed by atoms with van der Waals surface area (Å²) in [4.78, 5) is 7.70. The minimum Gasteiger partial charge on any atom is -0.354 e. The Morgan fingerprint density at radius 3 is 2.95 bits per heavy atom. The first kappa shape index (κ1) is 11.9. The van der Waals surface area contributed by atoms with Crippen LogP contribution in [0.4, 0.5) is 0 Å². The molecule has 0 aliphatic carbocycles. The van der Waals surface area contributed by atoms with Crippen LogP contribution in [-0.4, -0.2) is 22.6 Å². The Bertz CT molecular complexity index is 738. The van der Waals surface area contributed by atoms with Crippen molar-refractivity contribution in [2.45, 2.75) is 31.7 Å². The van der Waals surface area contributed by atoms with E-state index in [4.69, 9.17) is 0 Å². The normalized spacial score (nSPS) is 19.7. The Morgan fingerprint density at radius 1 is 1.10 bits per heavy atom.